The summed E-state index contributed by atoms with van der Waals surface area (Å²) in [4.78, 5) is 12.1. The van der Waals surface area contributed by atoms with Crippen LogP contribution in [-0.2, 0) is 4.79 Å². The van der Waals surface area contributed by atoms with Gasteiger partial charge in [0, 0.05) is 24.6 Å². The van der Waals surface area contributed by atoms with E-state index in [9.17, 15) is 4.79 Å². The third-order valence-electron chi connectivity index (χ3n) is 4.71. The number of carbonyl (C=O) groups is 1. The van der Waals surface area contributed by atoms with Crippen LogP contribution in [0.1, 0.15) is 26.2 Å². The third-order valence-corrected chi connectivity index (χ3v) is 4.71. The van der Waals surface area contributed by atoms with Gasteiger partial charge in [0.2, 0.25) is 5.91 Å². The number of ether oxygens (including phenoxy) is 3. The molecule has 1 fully saturated rings. The summed E-state index contributed by atoms with van der Waals surface area (Å²) in [5.41, 5.74) is 0. The molecule has 1 aromatic rings. The minimum Gasteiger partial charge on any atom is -0.496 e. The van der Waals surface area contributed by atoms with Crippen molar-refractivity contribution in [3.63, 3.8) is 0 Å². The summed E-state index contributed by atoms with van der Waals surface area (Å²) < 4.78 is 16.1. The molecule has 7 heteroatoms. The molecule has 1 aliphatic heterocycles. The summed E-state index contributed by atoms with van der Waals surface area (Å²) in [5.74, 6) is 3.17. The van der Waals surface area contributed by atoms with Crippen molar-refractivity contribution in [2.75, 3.05) is 40.5 Å². The van der Waals surface area contributed by atoms with E-state index in [-0.39, 0.29) is 18.3 Å². The Kier molecular flexibility index (Phi) is 10.2. The highest BCUT2D eigenvalue weighted by Gasteiger charge is 2.21. The summed E-state index contributed by atoms with van der Waals surface area (Å²) in [7, 11) is 3.20. The van der Waals surface area contributed by atoms with Gasteiger partial charge in [-0.3, -0.25) is 4.79 Å². The molecule has 0 aromatic heterocycles. The molecule has 0 spiro atoms. The molecule has 0 radical (unpaired) electrons. The Morgan fingerprint density at radius 3 is 2.31 bits per heavy atom. The van der Waals surface area contributed by atoms with Gasteiger partial charge in [0.25, 0.3) is 0 Å². The van der Waals surface area contributed by atoms with E-state index in [1.165, 1.54) is 0 Å². The van der Waals surface area contributed by atoms with E-state index in [0.29, 0.717) is 48.7 Å². The molecule has 26 heavy (non-hydrogen) atoms. The normalized spacial score (nSPS) is 15.5. The Morgan fingerprint density at radius 1 is 1.15 bits per heavy atom. The van der Waals surface area contributed by atoms with Crippen LogP contribution in [0.2, 0.25) is 0 Å². The van der Waals surface area contributed by atoms with Gasteiger partial charge in [-0.1, -0.05) is 6.92 Å². The van der Waals surface area contributed by atoms with E-state index in [4.69, 9.17) is 14.2 Å². The maximum atomic E-state index is 12.1. The van der Waals surface area contributed by atoms with Crippen molar-refractivity contribution >= 4 is 18.3 Å². The summed E-state index contributed by atoms with van der Waals surface area (Å²) in [5, 5.41) is 6.30. The molecule has 1 unspecified atom stereocenters. The van der Waals surface area contributed by atoms with Crippen molar-refractivity contribution in [2.24, 2.45) is 11.8 Å². The Labute approximate surface area is 162 Å². The maximum absolute atomic E-state index is 12.1. The van der Waals surface area contributed by atoms with Gasteiger partial charge in [-0.15, -0.1) is 12.4 Å². The average Bonchev–Trinajstić information content (AvgIpc) is 2.65. The van der Waals surface area contributed by atoms with Crippen LogP contribution in [0.5, 0.6) is 17.2 Å². The number of benzene rings is 1. The molecule has 6 nitrogen and oxygen atoms in total. The van der Waals surface area contributed by atoms with Crippen LogP contribution in [0, 0.1) is 11.8 Å². The fourth-order valence-corrected chi connectivity index (χ4v) is 3.17. The molecule has 2 N–H and O–H groups in total. The van der Waals surface area contributed by atoms with Crippen LogP contribution in [-0.4, -0.2) is 46.4 Å². The van der Waals surface area contributed by atoms with Crippen molar-refractivity contribution < 1.29 is 19.0 Å². The molecule has 0 bridgehead atoms. The quantitative estimate of drug-likeness (QED) is 0.638. The van der Waals surface area contributed by atoms with Crippen molar-refractivity contribution in [3.8, 4) is 17.2 Å². The largest absolute Gasteiger partial charge is 0.496 e. The van der Waals surface area contributed by atoms with Gasteiger partial charge in [-0.2, -0.15) is 0 Å². The van der Waals surface area contributed by atoms with E-state index >= 15 is 0 Å². The van der Waals surface area contributed by atoms with Gasteiger partial charge < -0.3 is 24.8 Å². The van der Waals surface area contributed by atoms with Crippen molar-refractivity contribution in [3.05, 3.63) is 18.2 Å². The summed E-state index contributed by atoms with van der Waals surface area (Å²) >= 11 is 0. The van der Waals surface area contributed by atoms with Gasteiger partial charge in [-0.25, -0.2) is 0 Å². The fraction of sp³-hybridized carbons (Fsp3) is 0.632. The molecule has 1 amide bonds. The number of amides is 1. The third kappa shape index (κ3) is 7.30. The zero-order valence-electron chi connectivity index (χ0n) is 15.9. The lowest BCUT2D eigenvalue weighted by atomic mass is 9.84. The smallest absolute Gasteiger partial charge is 0.220 e. The predicted molar refractivity (Wildman–Crippen MR) is 105 cm³/mol. The second-order valence-electron chi connectivity index (χ2n) is 6.52. The molecule has 0 saturated carbocycles. The Balaban J connectivity index is 0.00000338. The van der Waals surface area contributed by atoms with Gasteiger partial charge in [-0.05, 0) is 37.8 Å². The molecule has 1 atom stereocenters. The molecule has 1 aliphatic rings. The lowest BCUT2D eigenvalue weighted by Crippen LogP contribution is -2.34. The summed E-state index contributed by atoms with van der Waals surface area (Å²) in [6, 6.07) is 5.38. The number of nitrogens with one attached hydrogen (secondary N) is 2. The Morgan fingerprint density at radius 2 is 1.73 bits per heavy atom. The van der Waals surface area contributed by atoms with E-state index in [1.807, 2.05) is 0 Å². The van der Waals surface area contributed by atoms with Gasteiger partial charge in [0.1, 0.15) is 23.9 Å². The van der Waals surface area contributed by atoms with E-state index in [1.54, 1.807) is 32.4 Å². The van der Waals surface area contributed by atoms with E-state index in [2.05, 4.69) is 17.6 Å². The summed E-state index contributed by atoms with van der Waals surface area (Å²) in [6.07, 6.45) is 2.90. The van der Waals surface area contributed by atoms with Crippen LogP contribution >= 0.6 is 12.4 Å². The lowest BCUT2D eigenvalue weighted by molar-refractivity contribution is -0.122. The zero-order chi connectivity index (χ0) is 18.1. The van der Waals surface area contributed by atoms with Gasteiger partial charge in [0.05, 0.1) is 20.8 Å². The lowest BCUT2D eigenvalue weighted by Gasteiger charge is -2.27. The van der Waals surface area contributed by atoms with E-state index in [0.717, 1.165) is 25.9 Å². The average molecular weight is 387 g/mol. The van der Waals surface area contributed by atoms with Crippen LogP contribution in [0.25, 0.3) is 0 Å². The zero-order valence-corrected chi connectivity index (χ0v) is 16.7. The second kappa shape index (κ2) is 11.9. The van der Waals surface area contributed by atoms with Crippen molar-refractivity contribution in [1.29, 1.82) is 0 Å². The number of halogens is 1. The monoisotopic (exact) mass is 386 g/mol. The molecule has 148 valence electrons. The second-order valence-corrected chi connectivity index (χ2v) is 6.52. The Hall–Kier alpha value is -1.66. The van der Waals surface area contributed by atoms with Crippen LogP contribution in [0.3, 0.4) is 0 Å². The first-order valence-corrected chi connectivity index (χ1v) is 8.95. The Bertz CT molecular complexity index is 528. The van der Waals surface area contributed by atoms with Crippen molar-refractivity contribution in [2.45, 2.75) is 26.2 Å². The minimum absolute atomic E-state index is 0. The summed E-state index contributed by atoms with van der Waals surface area (Å²) in [6.45, 7) is 5.19. The molecule has 0 aliphatic carbocycles. The maximum Gasteiger partial charge on any atom is 0.220 e. The van der Waals surface area contributed by atoms with Crippen molar-refractivity contribution in [1.82, 2.24) is 10.6 Å². The number of hydrogen-bond acceptors (Lipinski definition) is 5. The highest BCUT2D eigenvalue weighted by atomic mass is 35.5. The number of methoxy groups -OCH3 is 2. The van der Waals surface area contributed by atoms with Crippen LogP contribution < -0.4 is 24.8 Å². The topological polar surface area (TPSA) is 68.8 Å². The molecule has 1 heterocycles. The first-order chi connectivity index (χ1) is 12.1. The SMILES string of the molecule is COc1cc(OC)cc(OCCNC(=O)CC(C)C2CCNCC2)c1.Cl. The van der Waals surface area contributed by atoms with Gasteiger partial charge in [0.15, 0.2) is 0 Å². The number of carbonyl (C=O) groups excluding carboxylic acids is 1. The van der Waals surface area contributed by atoms with Gasteiger partial charge >= 0.3 is 0 Å². The highest BCUT2D eigenvalue weighted by molar-refractivity contribution is 5.85. The van der Waals surface area contributed by atoms with Crippen LogP contribution in [0.15, 0.2) is 18.2 Å². The molecule has 1 saturated heterocycles. The first kappa shape index (κ1) is 22.4. The highest BCUT2D eigenvalue weighted by Crippen LogP contribution is 2.27. The number of hydrogen-bond donors (Lipinski definition) is 2. The molecule has 2 rings (SSSR count). The predicted octanol–water partition coefficient (Wildman–Crippen LogP) is 2.65. The molecular weight excluding hydrogens is 356 g/mol. The standard InChI is InChI=1S/C19H30N2O4.ClH/c1-14(15-4-6-20-7-5-15)10-19(22)21-8-9-25-18-12-16(23-2)11-17(13-18)24-3;/h11-15,20H,4-10H2,1-3H3,(H,21,22);1H. The molecular formula is C19H31ClN2O4. The van der Waals surface area contributed by atoms with E-state index < -0.39 is 0 Å². The number of rotatable bonds is 9. The van der Waals surface area contributed by atoms with Crippen LogP contribution in [0.4, 0.5) is 0 Å². The fourth-order valence-electron chi connectivity index (χ4n) is 3.17. The minimum atomic E-state index is 0. The molecule has 1 aromatic carbocycles. The number of piperidine rings is 1. The first-order valence-electron chi connectivity index (χ1n) is 8.95.